The van der Waals surface area contributed by atoms with Gasteiger partial charge in [-0.25, -0.2) is 5.43 Å². The van der Waals surface area contributed by atoms with E-state index in [-0.39, 0.29) is 5.91 Å². The highest BCUT2D eigenvalue weighted by molar-refractivity contribution is 9.10. The van der Waals surface area contributed by atoms with Crippen LogP contribution in [0.4, 0.5) is 0 Å². The summed E-state index contributed by atoms with van der Waals surface area (Å²) in [6, 6.07) is 9.08. The summed E-state index contributed by atoms with van der Waals surface area (Å²) in [6.45, 7) is 0. The average molecular weight is 388 g/mol. The molecule has 0 atom stereocenters. The lowest BCUT2D eigenvalue weighted by Gasteiger charge is -1.99. The van der Waals surface area contributed by atoms with Gasteiger partial charge >= 0.3 is 0 Å². The van der Waals surface area contributed by atoms with E-state index in [1.165, 1.54) is 0 Å². The van der Waals surface area contributed by atoms with Gasteiger partial charge in [-0.3, -0.25) is 4.79 Å². The van der Waals surface area contributed by atoms with Crippen molar-refractivity contribution >= 4 is 55.3 Å². The predicted molar refractivity (Wildman–Crippen MR) is 81.2 cm³/mol. The Bertz CT molecular complexity index is 595. The van der Waals surface area contributed by atoms with E-state index in [0.717, 1.165) is 13.8 Å². The fourth-order valence-electron chi connectivity index (χ4n) is 1.24. The number of nitrogens with one attached hydrogen (secondary N) is 1. The highest BCUT2D eigenvalue weighted by atomic mass is 79.9. The molecule has 0 saturated heterocycles. The second-order valence-electron chi connectivity index (χ2n) is 3.38. The van der Waals surface area contributed by atoms with Crippen molar-refractivity contribution in [1.29, 1.82) is 0 Å². The molecule has 1 aromatic heterocycles. The molecule has 0 bridgehead atoms. The summed E-state index contributed by atoms with van der Waals surface area (Å²) < 4.78 is 1.87. The summed E-state index contributed by atoms with van der Waals surface area (Å²) in [4.78, 5) is 12.7. The second-order valence-corrected chi connectivity index (χ2v) is 6.15. The standard InChI is InChI=1S/C12H8Br2N2OS/c13-9-3-1-2-8(4-9)12(17)16-15-6-11-5-10(14)7-18-11/h1-7H,(H,16,17)/b15-6+. The molecule has 0 radical (unpaired) electrons. The SMILES string of the molecule is O=C(N/N=C/c1cc(Br)cs1)c1cccc(Br)c1. The van der Waals surface area contributed by atoms with Crippen LogP contribution in [0, 0.1) is 0 Å². The number of carbonyl (C=O) groups excluding carboxylic acids is 1. The average Bonchev–Trinajstić information content (AvgIpc) is 2.75. The monoisotopic (exact) mass is 386 g/mol. The van der Waals surface area contributed by atoms with Gasteiger partial charge < -0.3 is 0 Å². The molecule has 1 amide bonds. The van der Waals surface area contributed by atoms with E-state index in [2.05, 4.69) is 42.4 Å². The van der Waals surface area contributed by atoms with Gasteiger partial charge in [0.25, 0.3) is 5.91 Å². The highest BCUT2D eigenvalue weighted by Gasteiger charge is 2.03. The minimum atomic E-state index is -0.233. The van der Waals surface area contributed by atoms with E-state index in [4.69, 9.17) is 0 Å². The molecule has 0 saturated carbocycles. The Labute approximate surface area is 125 Å². The number of amides is 1. The van der Waals surface area contributed by atoms with E-state index in [9.17, 15) is 4.79 Å². The van der Waals surface area contributed by atoms with Crippen LogP contribution in [0.1, 0.15) is 15.2 Å². The van der Waals surface area contributed by atoms with Gasteiger partial charge in [-0.1, -0.05) is 22.0 Å². The molecule has 1 aromatic carbocycles. The molecule has 18 heavy (non-hydrogen) atoms. The number of nitrogens with zero attached hydrogens (tertiary/aromatic N) is 1. The Morgan fingerprint density at radius 2 is 2.11 bits per heavy atom. The van der Waals surface area contributed by atoms with Crippen molar-refractivity contribution in [2.24, 2.45) is 5.10 Å². The Hall–Kier alpha value is -0.980. The van der Waals surface area contributed by atoms with E-state index < -0.39 is 0 Å². The maximum absolute atomic E-state index is 11.7. The van der Waals surface area contributed by atoms with Gasteiger partial charge in [-0.2, -0.15) is 5.10 Å². The maximum Gasteiger partial charge on any atom is 0.271 e. The third-order valence-corrected chi connectivity index (χ3v) is 4.15. The molecular weight excluding hydrogens is 380 g/mol. The lowest BCUT2D eigenvalue weighted by Crippen LogP contribution is -2.17. The van der Waals surface area contributed by atoms with Crippen molar-refractivity contribution in [3.05, 3.63) is 55.1 Å². The summed E-state index contributed by atoms with van der Waals surface area (Å²) in [7, 11) is 0. The third kappa shape index (κ3) is 3.76. The van der Waals surface area contributed by atoms with Gasteiger partial charge in [0.1, 0.15) is 0 Å². The number of rotatable bonds is 3. The number of thiophene rings is 1. The van der Waals surface area contributed by atoms with Crippen LogP contribution in [0.5, 0.6) is 0 Å². The Morgan fingerprint density at radius 1 is 1.28 bits per heavy atom. The van der Waals surface area contributed by atoms with Crippen LogP contribution in [-0.4, -0.2) is 12.1 Å². The Kier molecular flexibility index (Phi) is 4.68. The summed E-state index contributed by atoms with van der Waals surface area (Å²) in [5.74, 6) is -0.233. The van der Waals surface area contributed by atoms with E-state index in [1.54, 1.807) is 35.8 Å². The zero-order valence-corrected chi connectivity index (χ0v) is 13.0. The van der Waals surface area contributed by atoms with Crippen molar-refractivity contribution in [1.82, 2.24) is 5.43 Å². The van der Waals surface area contributed by atoms with Crippen LogP contribution in [0.25, 0.3) is 0 Å². The van der Waals surface area contributed by atoms with Crippen LogP contribution in [0.2, 0.25) is 0 Å². The molecule has 92 valence electrons. The summed E-state index contributed by atoms with van der Waals surface area (Å²) in [5.41, 5.74) is 3.05. The molecule has 0 fully saturated rings. The Balaban J connectivity index is 1.98. The molecule has 1 heterocycles. The van der Waals surface area contributed by atoms with Crippen LogP contribution in [-0.2, 0) is 0 Å². The van der Waals surface area contributed by atoms with Crippen molar-refractivity contribution in [2.75, 3.05) is 0 Å². The Morgan fingerprint density at radius 3 is 2.78 bits per heavy atom. The molecule has 3 nitrogen and oxygen atoms in total. The van der Waals surface area contributed by atoms with E-state index in [1.807, 2.05) is 17.5 Å². The molecule has 6 heteroatoms. The molecule has 0 aliphatic rings. The molecule has 0 unspecified atom stereocenters. The van der Waals surface area contributed by atoms with Gasteiger partial charge in [-0.15, -0.1) is 11.3 Å². The first-order chi connectivity index (χ1) is 8.65. The van der Waals surface area contributed by atoms with E-state index >= 15 is 0 Å². The van der Waals surface area contributed by atoms with Gasteiger partial charge in [0.05, 0.1) is 6.21 Å². The van der Waals surface area contributed by atoms with Crippen molar-refractivity contribution in [3.63, 3.8) is 0 Å². The topological polar surface area (TPSA) is 41.5 Å². The number of halogens is 2. The number of hydrazone groups is 1. The maximum atomic E-state index is 11.7. The number of benzene rings is 1. The van der Waals surface area contributed by atoms with Crippen LogP contribution in [0.15, 0.2) is 49.8 Å². The fourth-order valence-corrected chi connectivity index (χ4v) is 2.95. The lowest BCUT2D eigenvalue weighted by atomic mass is 10.2. The minimum Gasteiger partial charge on any atom is -0.267 e. The second kappa shape index (κ2) is 6.26. The predicted octanol–water partition coefficient (Wildman–Crippen LogP) is 4.04. The largest absolute Gasteiger partial charge is 0.271 e. The molecule has 0 spiro atoms. The molecule has 2 aromatic rings. The van der Waals surface area contributed by atoms with Crippen molar-refractivity contribution in [3.8, 4) is 0 Å². The van der Waals surface area contributed by atoms with Crippen LogP contribution < -0.4 is 5.43 Å². The number of hydrogen-bond acceptors (Lipinski definition) is 3. The summed E-state index contributed by atoms with van der Waals surface area (Å²) >= 11 is 8.21. The minimum absolute atomic E-state index is 0.233. The third-order valence-electron chi connectivity index (χ3n) is 2.03. The zero-order valence-electron chi connectivity index (χ0n) is 9.06. The normalized spacial score (nSPS) is 10.8. The lowest BCUT2D eigenvalue weighted by molar-refractivity contribution is 0.0955. The van der Waals surface area contributed by atoms with Crippen LogP contribution >= 0.6 is 43.2 Å². The highest BCUT2D eigenvalue weighted by Crippen LogP contribution is 2.17. The summed E-state index contributed by atoms with van der Waals surface area (Å²) in [5, 5.41) is 5.87. The molecular formula is C12H8Br2N2OS. The van der Waals surface area contributed by atoms with Gasteiger partial charge in [-0.05, 0) is 40.2 Å². The first-order valence-corrected chi connectivity index (χ1v) is 7.45. The van der Waals surface area contributed by atoms with Crippen LogP contribution in [0.3, 0.4) is 0 Å². The first kappa shape index (κ1) is 13.5. The molecule has 0 aliphatic carbocycles. The van der Waals surface area contributed by atoms with E-state index in [0.29, 0.717) is 5.56 Å². The van der Waals surface area contributed by atoms with Gasteiger partial charge in [0.2, 0.25) is 0 Å². The summed E-state index contributed by atoms with van der Waals surface area (Å²) in [6.07, 6.45) is 1.62. The van der Waals surface area contributed by atoms with Gasteiger partial charge in [0, 0.05) is 24.8 Å². The number of carbonyl (C=O) groups is 1. The molecule has 1 N–H and O–H groups in total. The number of hydrogen-bond donors (Lipinski definition) is 1. The zero-order chi connectivity index (χ0) is 13.0. The van der Waals surface area contributed by atoms with Crippen molar-refractivity contribution < 1.29 is 4.79 Å². The molecule has 2 rings (SSSR count). The van der Waals surface area contributed by atoms with Crippen molar-refractivity contribution in [2.45, 2.75) is 0 Å². The smallest absolute Gasteiger partial charge is 0.267 e. The quantitative estimate of drug-likeness (QED) is 0.626. The first-order valence-electron chi connectivity index (χ1n) is 4.98. The molecule has 0 aliphatic heterocycles. The fraction of sp³-hybridized carbons (Fsp3) is 0. The van der Waals surface area contributed by atoms with Gasteiger partial charge in [0.15, 0.2) is 0 Å².